The van der Waals surface area contributed by atoms with Gasteiger partial charge in [0.15, 0.2) is 0 Å². The van der Waals surface area contributed by atoms with Crippen molar-refractivity contribution in [1.29, 1.82) is 0 Å². The number of aryl methyl sites for hydroxylation is 2. The fraction of sp³-hybridized carbons (Fsp3) is 0.444. The molecule has 3 rings (SSSR count). The summed E-state index contributed by atoms with van der Waals surface area (Å²) in [6.45, 7) is 5.38. The quantitative estimate of drug-likeness (QED) is 0.840. The summed E-state index contributed by atoms with van der Waals surface area (Å²) in [5.74, 6) is 0.788. The number of anilines is 1. The molecule has 1 amide bonds. The first-order valence-electron chi connectivity index (χ1n) is 8.37. The van der Waals surface area contributed by atoms with Gasteiger partial charge in [0, 0.05) is 17.8 Å². The molecule has 0 bridgehead atoms. The maximum absolute atomic E-state index is 12.8. The standard InChI is InChI=1S/C18H21Cl2N3O2/c1-11-14(12(2)25-22-11)10-23-8-4-3-5-17(23)18(24)21-13-6-7-15(19)16(20)9-13/h6-7,9,17H,3-5,8,10H2,1-2H3,(H,21,24)/t17-/m1/s1. The van der Waals surface area contributed by atoms with Crippen molar-refractivity contribution in [3.63, 3.8) is 0 Å². The Morgan fingerprint density at radius 3 is 2.80 bits per heavy atom. The number of hydrogen-bond donors (Lipinski definition) is 1. The molecule has 134 valence electrons. The zero-order valence-corrected chi connectivity index (χ0v) is 15.8. The van der Waals surface area contributed by atoms with Crippen LogP contribution in [0.25, 0.3) is 0 Å². The number of carbonyl (C=O) groups excluding carboxylic acids is 1. The Labute approximate surface area is 157 Å². The van der Waals surface area contributed by atoms with Gasteiger partial charge >= 0.3 is 0 Å². The highest BCUT2D eigenvalue weighted by molar-refractivity contribution is 6.42. The summed E-state index contributed by atoms with van der Waals surface area (Å²) in [5, 5.41) is 7.86. The molecule has 1 aliphatic rings. The summed E-state index contributed by atoms with van der Waals surface area (Å²) in [6.07, 6.45) is 2.95. The Kier molecular flexibility index (Phi) is 5.67. The molecule has 2 aromatic rings. The lowest BCUT2D eigenvalue weighted by atomic mass is 10.00. The zero-order valence-electron chi connectivity index (χ0n) is 14.3. The molecule has 0 spiro atoms. The van der Waals surface area contributed by atoms with Crippen LogP contribution < -0.4 is 5.32 Å². The summed E-state index contributed by atoms with van der Waals surface area (Å²) in [6, 6.07) is 4.93. The van der Waals surface area contributed by atoms with Crippen molar-refractivity contribution in [2.75, 3.05) is 11.9 Å². The monoisotopic (exact) mass is 381 g/mol. The lowest BCUT2D eigenvalue weighted by Gasteiger charge is -2.34. The Bertz CT molecular complexity index is 756. The highest BCUT2D eigenvalue weighted by atomic mass is 35.5. The fourth-order valence-electron chi connectivity index (χ4n) is 3.21. The molecule has 0 unspecified atom stereocenters. The molecule has 1 N–H and O–H groups in total. The highest BCUT2D eigenvalue weighted by Crippen LogP contribution is 2.27. The van der Waals surface area contributed by atoms with E-state index in [0.717, 1.165) is 42.8 Å². The molecule has 1 aromatic heterocycles. The number of likely N-dealkylation sites (tertiary alicyclic amines) is 1. The van der Waals surface area contributed by atoms with E-state index in [1.165, 1.54) is 0 Å². The van der Waals surface area contributed by atoms with Crippen LogP contribution in [0.1, 0.15) is 36.3 Å². The maximum Gasteiger partial charge on any atom is 0.241 e. The van der Waals surface area contributed by atoms with Gasteiger partial charge in [-0.3, -0.25) is 9.69 Å². The van der Waals surface area contributed by atoms with Crippen molar-refractivity contribution < 1.29 is 9.32 Å². The smallest absolute Gasteiger partial charge is 0.241 e. The number of hydrogen-bond acceptors (Lipinski definition) is 4. The van der Waals surface area contributed by atoms with Crippen LogP contribution in [-0.4, -0.2) is 28.6 Å². The van der Waals surface area contributed by atoms with E-state index in [4.69, 9.17) is 27.7 Å². The van der Waals surface area contributed by atoms with Gasteiger partial charge in [-0.2, -0.15) is 0 Å². The number of halogens is 2. The number of nitrogens with one attached hydrogen (secondary N) is 1. The second kappa shape index (κ2) is 7.77. The van der Waals surface area contributed by atoms with Gasteiger partial charge in [0.25, 0.3) is 0 Å². The van der Waals surface area contributed by atoms with E-state index in [1.54, 1.807) is 18.2 Å². The van der Waals surface area contributed by atoms with Gasteiger partial charge in [-0.15, -0.1) is 0 Å². The largest absolute Gasteiger partial charge is 0.361 e. The Balaban J connectivity index is 1.73. The first-order valence-corrected chi connectivity index (χ1v) is 9.13. The molecule has 25 heavy (non-hydrogen) atoms. The van der Waals surface area contributed by atoms with Crippen LogP contribution in [0, 0.1) is 13.8 Å². The highest BCUT2D eigenvalue weighted by Gasteiger charge is 2.30. The molecule has 1 saturated heterocycles. The first-order chi connectivity index (χ1) is 12.0. The van der Waals surface area contributed by atoms with Crippen molar-refractivity contribution in [1.82, 2.24) is 10.1 Å². The number of aromatic nitrogens is 1. The number of piperidine rings is 1. The van der Waals surface area contributed by atoms with Crippen LogP contribution in [0.2, 0.25) is 10.0 Å². The van der Waals surface area contributed by atoms with Gasteiger partial charge in [-0.25, -0.2) is 0 Å². The van der Waals surface area contributed by atoms with E-state index < -0.39 is 0 Å². The van der Waals surface area contributed by atoms with Crippen molar-refractivity contribution in [2.24, 2.45) is 0 Å². The molecule has 1 aliphatic heterocycles. The topological polar surface area (TPSA) is 58.4 Å². The van der Waals surface area contributed by atoms with Crippen molar-refractivity contribution >= 4 is 34.8 Å². The van der Waals surface area contributed by atoms with E-state index in [-0.39, 0.29) is 11.9 Å². The van der Waals surface area contributed by atoms with Gasteiger partial charge in [0.2, 0.25) is 5.91 Å². The SMILES string of the molecule is Cc1noc(C)c1CN1CCCC[C@@H]1C(=O)Nc1ccc(Cl)c(Cl)c1. The number of nitrogens with zero attached hydrogens (tertiary/aromatic N) is 2. The average Bonchev–Trinajstić information content (AvgIpc) is 2.90. The number of benzene rings is 1. The Morgan fingerprint density at radius 2 is 2.12 bits per heavy atom. The number of carbonyl (C=O) groups is 1. The molecule has 0 aliphatic carbocycles. The Hall–Kier alpha value is -1.56. The minimum Gasteiger partial charge on any atom is -0.361 e. The second-order valence-corrected chi connectivity index (χ2v) is 7.22. The number of amides is 1. The predicted molar refractivity (Wildman–Crippen MR) is 99.1 cm³/mol. The molecule has 1 aromatic carbocycles. The van der Waals surface area contributed by atoms with Crippen molar-refractivity contribution in [3.8, 4) is 0 Å². The molecular formula is C18H21Cl2N3O2. The summed E-state index contributed by atoms with van der Waals surface area (Å²) in [7, 11) is 0. The van der Waals surface area contributed by atoms with Crippen LogP contribution in [-0.2, 0) is 11.3 Å². The fourth-order valence-corrected chi connectivity index (χ4v) is 3.51. The normalized spacial score (nSPS) is 18.3. The molecule has 5 nitrogen and oxygen atoms in total. The van der Waals surface area contributed by atoms with Crippen LogP contribution >= 0.6 is 23.2 Å². The minimum absolute atomic E-state index is 0.0233. The predicted octanol–water partition coefficient (Wildman–Crippen LogP) is 4.59. The molecular weight excluding hydrogens is 361 g/mol. The summed E-state index contributed by atoms with van der Waals surface area (Å²) < 4.78 is 5.25. The third kappa shape index (κ3) is 4.17. The van der Waals surface area contributed by atoms with Crippen LogP contribution in [0.4, 0.5) is 5.69 Å². The zero-order chi connectivity index (χ0) is 18.0. The molecule has 2 heterocycles. The lowest BCUT2D eigenvalue weighted by Crippen LogP contribution is -2.46. The third-order valence-corrected chi connectivity index (χ3v) is 5.38. The molecule has 1 atom stereocenters. The van der Waals surface area contributed by atoms with E-state index in [2.05, 4.69) is 15.4 Å². The van der Waals surface area contributed by atoms with E-state index in [1.807, 2.05) is 13.8 Å². The summed E-state index contributed by atoms with van der Waals surface area (Å²) in [4.78, 5) is 15.0. The van der Waals surface area contributed by atoms with E-state index in [9.17, 15) is 4.79 Å². The van der Waals surface area contributed by atoms with Gasteiger partial charge in [-0.05, 0) is 51.4 Å². The van der Waals surface area contributed by atoms with Crippen LogP contribution in [0.5, 0.6) is 0 Å². The minimum atomic E-state index is -0.183. The van der Waals surface area contributed by atoms with Crippen molar-refractivity contribution in [3.05, 3.63) is 45.3 Å². The second-order valence-electron chi connectivity index (χ2n) is 6.40. The van der Waals surface area contributed by atoms with Gasteiger partial charge in [-0.1, -0.05) is 34.8 Å². The lowest BCUT2D eigenvalue weighted by molar-refractivity contribution is -0.122. The molecule has 0 radical (unpaired) electrons. The number of rotatable bonds is 4. The van der Waals surface area contributed by atoms with E-state index in [0.29, 0.717) is 22.3 Å². The Morgan fingerprint density at radius 1 is 1.32 bits per heavy atom. The molecule has 1 fully saturated rings. The first kappa shape index (κ1) is 18.2. The van der Waals surface area contributed by atoms with Gasteiger partial charge in [0.05, 0.1) is 21.8 Å². The average molecular weight is 382 g/mol. The van der Waals surface area contributed by atoms with E-state index >= 15 is 0 Å². The maximum atomic E-state index is 12.8. The molecule has 7 heteroatoms. The summed E-state index contributed by atoms with van der Waals surface area (Å²) in [5.41, 5.74) is 2.60. The van der Waals surface area contributed by atoms with Crippen molar-refractivity contribution in [2.45, 2.75) is 45.7 Å². The third-order valence-electron chi connectivity index (χ3n) is 4.65. The van der Waals surface area contributed by atoms with Gasteiger partial charge in [0.1, 0.15) is 5.76 Å². The molecule has 0 saturated carbocycles. The summed E-state index contributed by atoms with van der Waals surface area (Å²) >= 11 is 12.0. The van der Waals surface area contributed by atoms with Crippen LogP contribution in [0.15, 0.2) is 22.7 Å². The van der Waals surface area contributed by atoms with Crippen LogP contribution in [0.3, 0.4) is 0 Å². The van der Waals surface area contributed by atoms with Gasteiger partial charge < -0.3 is 9.84 Å².